The van der Waals surface area contributed by atoms with E-state index in [1.165, 1.54) is 25.7 Å². The molecule has 1 fully saturated rings. The second kappa shape index (κ2) is 4.43. The first-order chi connectivity index (χ1) is 6.08. The molecule has 0 atom stereocenters. The highest BCUT2D eigenvalue weighted by molar-refractivity contribution is 4.93. The molecule has 2 heteroatoms. The summed E-state index contributed by atoms with van der Waals surface area (Å²) in [5.41, 5.74) is 6.12. The highest BCUT2D eigenvalue weighted by Crippen LogP contribution is 2.31. The Kier molecular flexibility index (Phi) is 3.74. The van der Waals surface area contributed by atoms with Crippen molar-refractivity contribution in [2.75, 3.05) is 6.54 Å². The van der Waals surface area contributed by atoms with Gasteiger partial charge in [-0.1, -0.05) is 20.8 Å². The summed E-state index contributed by atoms with van der Waals surface area (Å²) in [4.78, 5) is 0. The maximum atomic E-state index is 5.87. The van der Waals surface area contributed by atoms with Crippen LogP contribution in [0.1, 0.15) is 46.5 Å². The van der Waals surface area contributed by atoms with E-state index in [1.54, 1.807) is 0 Å². The summed E-state index contributed by atoms with van der Waals surface area (Å²) in [7, 11) is 0. The molecule has 1 aliphatic rings. The Labute approximate surface area is 82.3 Å². The monoisotopic (exact) mass is 184 g/mol. The average molecular weight is 184 g/mol. The molecule has 1 aliphatic carbocycles. The lowest BCUT2D eigenvalue weighted by Gasteiger charge is -2.41. The van der Waals surface area contributed by atoms with Crippen molar-refractivity contribution in [3.05, 3.63) is 0 Å². The fourth-order valence-electron chi connectivity index (χ4n) is 2.33. The molecule has 0 aromatic heterocycles. The van der Waals surface area contributed by atoms with Crippen molar-refractivity contribution in [3.63, 3.8) is 0 Å². The van der Waals surface area contributed by atoms with Gasteiger partial charge < -0.3 is 11.1 Å². The Balaban J connectivity index is 2.50. The molecule has 0 saturated heterocycles. The van der Waals surface area contributed by atoms with E-state index in [0.29, 0.717) is 6.04 Å². The van der Waals surface area contributed by atoms with Crippen LogP contribution in [0.15, 0.2) is 0 Å². The first-order valence-corrected chi connectivity index (χ1v) is 5.56. The molecular formula is C11H24N2. The first kappa shape index (κ1) is 11.0. The lowest BCUT2D eigenvalue weighted by atomic mass is 9.77. The van der Waals surface area contributed by atoms with Gasteiger partial charge in [-0.25, -0.2) is 0 Å². The Morgan fingerprint density at radius 2 is 1.92 bits per heavy atom. The van der Waals surface area contributed by atoms with Crippen LogP contribution in [0, 0.1) is 5.92 Å². The standard InChI is InChI=1S/C11H24N2/c1-9(2)13-11(8-12)6-4-10(3)5-7-11/h9-10,13H,4-8,12H2,1-3H3. The van der Waals surface area contributed by atoms with Crippen molar-refractivity contribution in [3.8, 4) is 0 Å². The maximum absolute atomic E-state index is 5.87. The van der Waals surface area contributed by atoms with E-state index in [0.717, 1.165) is 12.5 Å². The van der Waals surface area contributed by atoms with Crippen molar-refractivity contribution >= 4 is 0 Å². The predicted molar refractivity (Wildman–Crippen MR) is 57.7 cm³/mol. The summed E-state index contributed by atoms with van der Waals surface area (Å²) < 4.78 is 0. The molecule has 13 heavy (non-hydrogen) atoms. The van der Waals surface area contributed by atoms with Crippen molar-refractivity contribution in [1.29, 1.82) is 0 Å². The molecular weight excluding hydrogens is 160 g/mol. The van der Waals surface area contributed by atoms with Gasteiger partial charge in [-0.3, -0.25) is 0 Å². The van der Waals surface area contributed by atoms with E-state index in [4.69, 9.17) is 5.73 Å². The molecule has 0 radical (unpaired) electrons. The van der Waals surface area contributed by atoms with Crippen LogP contribution in [0.4, 0.5) is 0 Å². The molecule has 0 unspecified atom stereocenters. The Morgan fingerprint density at radius 1 is 1.38 bits per heavy atom. The van der Waals surface area contributed by atoms with Crippen molar-refractivity contribution in [2.24, 2.45) is 11.7 Å². The smallest absolute Gasteiger partial charge is 0.0306 e. The number of hydrogen-bond acceptors (Lipinski definition) is 2. The molecule has 3 N–H and O–H groups in total. The SMILES string of the molecule is CC1CCC(CN)(NC(C)C)CC1. The van der Waals surface area contributed by atoms with Gasteiger partial charge >= 0.3 is 0 Å². The normalized spacial score (nSPS) is 35.3. The van der Waals surface area contributed by atoms with Crippen LogP contribution >= 0.6 is 0 Å². The van der Waals surface area contributed by atoms with E-state index < -0.39 is 0 Å². The minimum absolute atomic E-state index is 0.251. The van der Waals surface area contributed by atoms with E-state index in [9.17, 15) is 0 Å². The second-order valence-corrected chi connectivity index (χ2v) is 4.97. The fourth-order valence-corrected chi connectivity index (χ4v) is 2.33. The van der Waals surface area contributed by atoms with Crippen LogP contribution in [-0.4, -0.2) is 18.1 Å². The Morgan fingerprint density at radius 3 is 2.31 bits per heavy atom. The van der Waals surface area contributed by atoms with Gasteiger partial charge in [0.15, 0.2) is 0 Å². The molecule has 0 aliphatic heterocycles. The summed E-state index contributed by atoms with van der Waals surface area (Å²) in [6.07, 6.45) is 5.17. The molecule has 2 nitrogen and oxygen atoms in total. The maximum Gasteiger partial charge on any atom is 0.0306 e. The van der Waals surface area contributed by atoms with E-state index in [1.807, 2.05) is 0 Å². The van der Waals surface area contributed by atoms with Crippen LogP contribution < -0.4 is 11.1 Å². The number of nitrogens with one attached hydrogen (secondary N) is 1. The lowest BCUT2D eigenvalue weighted by molar-refractivity contribution is 0.190. The minimum atomic E-state index is 0.251. The lowest BCUT2D eigenvalue weighted by Crippen LogP contribution is -2.55. The zero-order valence-corrected chi connectivity index (χ0v) is 9.27. The summed E-state index contributed by atoms with van der Waals surface area (Å²) in [6.45, 7) is 7.54. The summed E-state index contributed by atoms with van der Waals surface area (Å²) >= 11 is 0. The summed E-state index contributed by atoms with van der Waals surface area (Å²) in [6, 6.07) is 0.553. The van der Waals surface area contributed by atoms with Gasteiger partial charge in [0.1, 0.15) is 0 Å². The molecule has 1 saturated carbocycles. The van der Waals surface area contributed by atoms with Crippen LogP contribution in [0.5, 0.6) is 0 Å². The molecule has 0 heterocycles. The highest BCUT2D eigenvalue weighted by atomic mass is 15.0. The van der Waals surface area contributed by atoms with Gasteiger partial charge in [0, 0.05) is 18.1 Å². The van der Waals surface area contributed by atoms with Crippen molar-refractivity contribution in [2.45, 2.75) is 58.0 Å². The molecule has 0 spiro atoms. The Bertz CT molecular complexity index is 146. The third kappa shape index (κ3) is 2.96. The fraction of sp³-hybridized carbons (Fsp3) is 1.00. The molecule has 0 aromatic carbocycles. The molecule has 0 aromatic rings. The summed E-state index contributed by atoms with van der Waals surface area (Å²) in [5.74, 6) is 0.897. The number of nitrogens with two attached hydrogens (primary N) is 1. The van der Waals surface area contributed by atoms with Crippen LogP contribution in [0.2, 0.25) is 0 Å². The zero-order valence-electron chi connectivity index (χ0n) is 9.27. The first-order valence-electron chi connectivity index (χ1n) is 5.56. The van der Waals surface area contributed by atoms with Crippen LogP contribution in [0.25, 0.3) is 0 Å². The quantitative estimate of drug-likeness (QED) is 0.703. The van der Waals surface area contributed by atoms with Crippen molar-refractivity contribution in [1.82, 2.24) is 5.32 Å². The largest absolute Gasteiger partial charge is 0.329 e. The van der Waals surface area contributed by atoms with Gasteiger partial charge in [-0.15, -0.1) is 0 Å². The minimum Gasteiger partial charge on any atom is -0.329 e. The number of hydrogen-bond donors (Lipinski definition) is 2. The molecule has 1 rings (SSSR count). The van der Waals surface area contributed by atoms with Gasteiger partial charge in [0.2, 0.25) is 0 Å². The van der Waals surface area contributed by atoms with Gasteiger partial charge in [-0.05, 0) is 31.6 Å². The van der Waals surface area contributed by atoms with E-state index in [2.05, 4.69) is 26.1 Å². The van der Waals surface area contributed by atoms with Gasteiger partial charge in [0.25, 0.3) is 0 Å². The zero-order chi connectivity index (χ0) is 9.90. The van der Waals surface area contributed by atoms with Crippen molar-refractivity contribution < 1.29 is 0 Å². The van der Waals surface area contributed by atoms with Crippen LogP contribution in [-0.2, 0) is 0 Å². The van der Waals surface area contributed by atoms with E-state index in [-0.39, 0.29) is 5.54 Å². The average Bonchev–Trinajstić information content (AvgIpc) is 2.09. The van der Waals surface area contributed by atoms with Crippen LogP contribution in [0.3, 0.4) is 0 Å². The summed E-state index contributed by atoms with van der Waals surface area (Å²) in [5, 5.41) is 3.64. The van der Waals surface area contributed by atoms with Gasteiger partial charge in [-0.2, -0.15) is 0 Å². The topological polar surface area (TPSA) is 38.0 Å². The highest BCUT2D eigenvalue weighted by Gasteiger charge is 2.32. The Hall–Kier alpha value is -0.0800. The predicted octanol–water partition coefficient (Wildman–Crippen LogP) is 1.89. The third-order valence-corrected chi connectivity index (χ3v) is 3.22. The van der Waals surface area contributed by atoms with Gasteiger partial charge in [0.05, 0.1) is 0 Å². The van der Waals surface area contributed by atoms with E-state index >= 15 is 0 Å². The molecule has 0 amide bonds. The molecule has 0 bridgehead atoms. The molecule has 78 valence electrons. The number of rotatable bonds is 3. The second-order valence-electron chi connectivity index (χ2n) is 4.97. The third-order valence-electron chi connectivity index (χ3n) is 3.22.